The second kappa shape index (κ2) is 9.54. The molecule has 33 heavy (non-hydrogen) atoms. The minimum absolute atomic E-state index is 0.0159. The highest BCUT2D eigenvalue weighted by Gasteiger charge is 2.27. The molecular weight excluding hydrogens is 444 g/mol. The first-order valence-corrected chi connectivity index (χ1v) is 10.9. The molecule has 9 heteroatoms. The van der Waals surface area contributed by atoms with Crippen molar-refractivity contribution < 1.29 is 19.1 Å². The van der Waals surface area contributed by atoms with Crippen molar-refractivity contribution in [1.82, 2.24) is 19.6 Å². The summed E-state index contributed by atoms with van der Waals surface area (Å²) in [5.74, 6) is 1.11. The van der Waals surface area contributed by atoms with E-state index in [-0.39, 0.29) is 11.8 Å². The zero-order chi connectivity index (χ0) is 23.5. The Morgan fingerprint density at radius 2 is 1.58 bits per heavy atom. The minimum Gasteiger partial charge on any atom is -0.497 e. The van der Waals surface area contributed by atoms with Crippen LogP contribution in [0.2, 0.25) is 5.02 Å². The molecule has 1 saturated heterocycles. The Bertz CT molecular complexity index is 1170. The zero-order valence-electron chi connectivity index (χ0n) is 18.7. The van der Waals surface area contributed by atoms with Crippen molar-refractivity contribution in [2.24, 2.45) is 0 Å². The third kappa shape index (κ3) is 4.66. The first kappa shape index (κ1) is 22.7. The molecule has 2 amide bonds. The quantitative estimate of drug-likeness (QED) is 0.572. The van der Waals surface area contributed by atoms with Crippen LogP contribution in [0.5, 0.6) is 11.5 Å². The van der Waals surface area contributed by atoms with Crippen LogP contribution in [-0.4, -0.2) is 71.8 Å². The van der Waals surface area contributed by atoms with E-state index >= 15 is 0 Å². The summed E-state index contributed by atoms with van der Waals surface area (Å²) in [6.45, 7) is 3.49. The Morgan fingerprint density at radius 3 is 2.18 bits per heavy atom. The second-order valence-electron chi connectivity index (χ2n) is 7.67. The van der Waals surface area contributed by atoms with Crippen LogP contribution in [0.4, 0.5) is 0 Å². The summed E-state index contributed by atoms with van der Waals surface area (Å²) in [5, 5.41) is 5.34. The number of benzene rings is 2. The molecule has 1 aromatic heterocycles. The maximum absolute atomic E-state index is 13.5. The Hall–Kier alpha value is -3.52. The molecule has 0 N–H and O–H groups in total. The standard InChI is InChI=1S/C24H25ClN4O4/c1-16(30)27-10-12-28(13-11-27)24(31)22-15-21(20-9-8-19(32-2)14-23(20)33-3)26-29(22)18-6-4-17(25)5-7-18/h4-9,14-15H,10-13H2,1-3H3. The summed E-state index contributed by atoms with van der Waals surface area (Å²) in [5.41, 5.74) is 2.46. The Balaban J connectivity index is 1.74. The second-order valence-corrected chi connectivity index (χ2v) is 8.10. The normalized spacial score (nSPS) is 13.7. The van der Waals surface area contributed by atoms with Gasteiger partial charge in [0, 0.05) is 49.8 Å². The molecule has 0 atom stereocenters. The molecule has 0 aliphatic carbocycles. The molecule has 8 nitrogen and oxygen atoms in total. The van der Waals surface area contributed by atoms with Gasteiger partial charge in [-0.25, -0.2) is 4.68 Å². The number of rotatable bonds is 5. The van der Waals surface area contributed by atoms with Crippen molar-refractivity contribution in [2.75, 3.05) is 40.4 Å². The van der Waals surface area contributed by atoms with Crippen molar-refractivity contribution in [3.63, 3.8) is 0 Å². The first-order valence-electron chi connectivity index (χ1n) is 10.5. The molecule has 0 unspecified atom stereocenters. The van der Waals surface area contributed by atoms with Gasteiger partial charge in [0.2, 0.25) is 5.91 Å². The van der Waals surface area contributed by atoms with Gasteiger partial charge >= 0.3 is 0 Å². The number of hydrogen-bond donors (Lipinski definition) is 0. The lowest BCUT2D eigenvalue weighted by Crippen LogP contribution is -2.50. The SMILES string of the molecule is COc1ccc(-c2cc(C(=O)N3CCN(C(C)=O)CC3)n(-c3ccc(Cl)cc3)n2)c(OC)c1. The summed E-state index contributed by atoms with van der Waals surface area (Å²) >= 11 is 6.07. The number of piperazine rings is 1. The summed E-state index contributed by atoms with van der Waals surface area (Å²) in [6, 6.07) is 14.4. The van der Waals surface area contributed by atoms with E-state index in [0.29, 0.717) is 59.8 Å². The van der Waals surface area contributed by atoms with Crippen LogP contribution < -0.4 is 9.47 Å². The van der Waals surface area contributed by atoms with Crippen LogP contribution in [-0.2, 0) is 4.79 Å². The van der Waals surface area contributed by atoms with Gasteiger partial charge in [0.05, 0.1) is 25.6 Å². The van der Waals surface area contributed by atoms with E-state index in [4.69, 9.17) is 26.2 Å². The van der Waals surface area contributed by atoms with E-state index in [1.54, 1.807) is 59.9 Å². The highest BCUT2D eigenvalue weighted by Crippen LogP contribution is 2.34. The maximum Gasteiger partial charge on any atom is 0.272 e. The molecule has 4 rings (SSSR count). The summed E-state index contributed by atoms with van der Waals surface area (Å²) < 4.78 is 12.5. The van der Waals surface area contributed by atoms with Gasteiger partial charge < -0.3 is 19.3 Å². The van der Waals surface area contributed by atoms with Crippen LogP contribution in [0, 0.1) is 0 Å². The number of amides is 2. The Kier molecular flexibility index (Phi) is 6.55. The maximum atomic E-state index is 13.5. The van der Waals surface area contributed by atoms with E-state index in [2.05, 4.69) is 0 Å². The number of aromatic nitrogens is 2. The van der Waals surface area contributed by atoms with E-state index in [1.165, 1.54) is 0 Å². The topological polar surface area (TPSA) is 76.9 Å². The van der Waals surface area contributed by atoms with Crippen molar-refractivity contribution in [3.05, 3.63) is 59.2 Å². The van der Waals surface area contributed by atoms with E-state index in [1.807, 2.05) is 24.3 Å². The molecule has 1 aliphatic heterocycles. The average Bonchev–Trinajstić information content (AvgIpc) is 3.28. The van der Waals surface area contributed by atoms with E-state index in [9.17, 15) is 9.59 Å². The number of hydrogen-bond acceptors (Lipinski definition) is 5. The van der Waals surface area contributed by atoms with E-state index in [0.717, 1.165) is 5.56 Å². The molecule has 2 heterocycles. The highest BCUT2D eigenvalue weighted by atomic mass is 35.5. The van der Waals surface area contributed by atoms with Gasteiger partial charge in [-0.1, -0.05) is 11.6 Å². The molecule has 0 bridgehead atoms. The lowest BCUT2D eigenvalue weighted by Gasteiger charge is -2.34. The highest BCUT2D eigenvalue weighted by molar-refractivity contribution is 6.30. The lowest BCUT2D eigenvalue weighted by molar-refractivity contribution is -0.130. The predicted octanol–water partition coefficient (Wildman–Crippen LogP) is 3.51. The summed E-state index contributed by atoms with van der Waals surface area (Å²) in [4.78, 5) is 28.7. The molecule has 1 fully saturated rings. The van der Waals surface area contributed by atoms with Gasteiger partial charge in [-0.3, -0.25) is 9.59 Å². The van der Waals surface area contributed by atoms with Gasteiger partial charge in [0.25, 0.3) is 5.91 Å². The number of carbonyl (C=O) groups is 2. The van der Waals surface area contributed by atoms with Crippen molar-refractivity contribution in [3.8, 4) is 28.4 Å². The smallest absolute Gasteiger partial charge is 0.272 e. The number of halogens is 1. The van der Waals surface area contributed by atoms with Gasteiger partial charge in [0.15, 0.2) is 0 Å². The third-order valence-electron chi connectivity index (χ3n) is 5.70. The van der Waals surface area contributed by atoms with Crippen molar-refractivity contribution in [1.29, 1.82) is 0 Å². The fourth-order valence-corrected chi connectivity index (χ4v) is 3.97. The largest absolute Gasteiger partial charge is 0.497 e. The molecule has 0 radical (unpaired) electrons. The molecule has 3 aromatic rings. The van der Waals surface area contributed by atoms with Crippen LogP contribution in [0.25, 0.3) is 16.9 Å². The number of methoxy groups -OCH3 is 2. The van der Waals surface area contributed by atoms with Crippen molar-refractivity contribution >= 4 is 23.4 Å². The Morgan fingerprint density at radius 1 is 0.909 bits per heavy atom. The van der Waals surface area contributed by atoms with Gasteiger partial charge in [-0.2, -0.15) is 5.10 Å². The van der Waals surface area contributed by atoms with Crippen LogP contribution in [0.15, 0.2) is 48.5 Å². The molecular formula is C24H25ClN4O4. The Labute approximate surface area is 197 Å². The number of ether oxygens (including phenoxy) is 2. The minimum atomic E-state index is -0.153. The van der Waals surface area contributed by atoms with Crippen LogP contribution in [0.3, 0.4) is 0 Å². The molecule has 2 aromatic carbocycles. The first-order chi connectivity index (χ1) is 15.9. The van der Waals surface area contributed by atoms with Gasteiger partial charge in [0.1, 0.15) is 17.2 Å². The third-order valence-corrected chi connectivity index (χ3v) is 5.95. The zero-order valence-corrected chi connectivity index (χ0v) is 19.5. The summed E-state index contributed by atoms with van der Waals surface area (Å²) in [7, 11) is 3.17. The lowest BCUT2D eigenvalue weighted by atomic mass is 10.1. The summed E-state index contributed by atoms with van der Waals surface area (Å²) in [6.07, 6.45) is 0. The number of nitrogens with zero attached hydrogens (tertiary/aromatic N) is 4. The molecule has 0 spiro atoms. The predicted molar refractivity (Wildman–Crippen MR) is 125 cm³/mol. The fourth-order valence-electron chi connectivity index (χ4n) is 3.84. The average molecular weight is 469 g/mol. The van der Waals surface area contributed by atoms with Crippen LogP contribution >= 0.6 is 11.6 Å². The van der Waals surface area contributed by atoms with Gasteiger partial charge in [-0.05, 0) is 42.5 Å². The molecule has 0 saturated carbocycles. The van der Waals surface area contributed by atoms with Gasteiger partial charge in [-0.15, -0.1) is 0 Å². The van der Waals surface area contributed by atoms with E-state index < -0.39 is 0 Å². The number of carbonyl (C=O) groups excluding carboxylic acids is 2. The molecule has 172 valence electrons. The van der Waals surface area contributed by atoms with Crippen molar-refractivity contribution in [2.45, 2.75) is 6.92 Å². The van der Waals surface area contributed by atoms with Crippen LogP contribution in [0.1, 0.15) is 17.4 Å². The molecule has 1 aliphatic rings. The fraction of sp³-hybridized carbons (Fsp3) is 0.292. The monoisotopic (exact) mass is 468 g/mol.